The van der Waals surface area contributed by atoms with Crippen LogP contribution in [0, 0.1) is 0 Å². The summed E-state index contributed by atoms with van der Waals surface area (Å²) in [6.45, 7) is 5.61. The Labute approximate surface area is 834 Å². The normalized spacial score (nSPS) is 11.9. The molecule has 718 valence electrons. The second kappa shape index (κ2) is 43.1. The zero-order valence-corrected chi connectivity index (χ0v) is 79.6. The molecule has 145 heavy (non-hydrogen) atoms. The summed E-state index contributed by atoms with van der Waals surface area (Å²) < 4.78 is 65.0. The molecule has 0 atom stereocenters. The van der Waals surface area contributed by atoms with Gasteiger partial charge in [0.25, 0.3) is 0 Å². The number of halogens is 2. The van der Waals surface area contributed by atoms with Crippen LogP contribution in [0.5, 0.6) is 51.7 Å². The van der Waals surface area contributed by atoms with Gasteiger partial charge in [-0.1, -0.05) is 108 Å². The number of ether oxygens (including phenoxy) is 10. The molecule has 0 aliphatic carbocycles. The predicted molar refractivity (Wildman–Crippen MR) is 543 cm³/mol. The van der Waals surface area contributed by atoms with Crippen LogP contribution < -0.4 is 42.6 Å². The van der Waals surface area contributed by atoms with Gasteiger partial charge in [-0.2, -0.15) is 48.1 Å². The fourth-order valence-electron chi connectivity index (χ4n) is 16.1. The molecule has 17 heterocycles. The fourth-order valence-corrected chi connectivity index (χ4v) is 16.4. The summed E-state index contributed by atoms with van der Waals surface area (Å²) in [6, 6.07) is 88.6. The number of nitrogens with one attached hydrogen (secondary N) is 1. The van der Waals surface area contributed by atoms with Gasteiger partial charge in [0, 0.05) is 130 Å². The Kier molecular flexibility index (Phi) is 27.6. The Balaban J connectivity index is 0.000000107. The minimum Gasteiger partial charge on any atom is -0.497 e. The van der Waals surface area contributed by atoms with Crippen molar-refractivity contribution in [2.24, 2.45) is 0 Å². The highest BCUT2D eigenvalue weighted by Crippen LogP contribution is 2.35. The third-order valence-corrected chi connectivity index (χ3v) is 23.9. The first kappa shape index (κ1) is 92.9. The number of hydrogen-bond donors (Lipinski definition) is 1. The number of pyridine rings is 5. The lowest BCUT2D eigenvalue weighted by molar-refractivity contribution is 0.0342. The lowest BCUT2D eigenvalue weighted by Crippen LogP contribution is -2.35. The van der Waals surface area contributed by atoms with Crippen LogP contribution in [0.3, 0.4) is 0 Å². The topological polar surface area (TPSA) is 391 Å². The number of rotatable bonds is 25. The molecule has 0 bridgehead atoms. The molecule has 0 saturated carbocycles. The van der Waals surface area contributed by atoms with Crippen molar-refractivity contribution < 1.29 is 47.4 Å². The molecule has 1 N–H and O–H groups in total. The van der Waals surface area contributed by atoms with Gasteiger partial charge in [-0.05, 0) is 175 Å². The Hall–Kier alpha value is -18.5. The van der Waals surface area contributed by atoms with Crippen LogP contribution in [0.15, 0.2) is 316 Å². The Morgan fingerprint density at radius 3 is 0.959 bits per heavy atom. The lowest BCUT2D eigenvalue weighted by atomic mass is 10.1. The molecule has 1 saturated heterocycles. The van der Waals surface area contributed by atoms with Gasteiger partial charge in [0.2, 0.25) is 0 Å². The Bertz CT molecular complexity index is 8700. The second-order valence-electron chi connectivity index (χ2n) is 32.5. The van der Waals surface area contributed by atoms with Gasteiger partial charge in [-0.15, -0.1) is 51.0 Å². The highest BCUT2D eigenvalue weighted by atomic mass is 35.5. The van der Waals surface area contributed by atoms with Crippen LogP contribution in [0.4, 0.5) is 0 Å². The standard InChI is InChI=1S/C27H26N6O3.C22H17N5O2.C21H14ClN5O.C20H16N6O2.C16H12ClN5O2/c1-34-21-6-7-22-24(16-21)28-11-10-25(22)36-18-27-30-29-26-9-8-23(31-33(26)27)20-4-2-19(3-5-20)17-32-12-14-35-15-13-32;1-28-16-7-8-17-19(13-16)23-12-11-20(17)29-14-22-25-24-21-10-9-18(26-27(21)22)15-5-3-2-4-6-15;22-15-6-7-16-18(12-15)23-11-10-19(16)28-13-21-25-24-20-9-8-17(26-27(20)21)14-4-2-1-3-5-14;1-27-13-4-5-14-17(11-13)22-10-8-18(14)28-12-20-24-23-19-7-6-16(25-26(19)20)15-3-2-9-21-15;1-23-10-2-3-11-12(8-10)18-7-6-13(11)24-9-16-20-19-15-5-4-14(17)21-22(15)16/h2-11,16H,12-15,17-18H2,1H3;2-13H,14H2,1H3;1-12H,13H2;2-11,21H,12H2,1H3;2-8H,9H2,1H3. The van der Waals surface area contributed by atoms with Gasteiger partial charge in [-0.3, -0.25) is 29.8 Å². The second-order valence-corrected chi connectivity index (χ2v) is 33.4. The van der Waals surface area contributed by atoms with E-state index in [1.807, 2.05) is 243 Å². The van der Waals surface area contributed by atoms with E-state index in [0.29, 0.717) is 96.3 Å². The number of aromatic nitrogens is 26. The van der Waals surface area contributed by atoms with E-state index in [0.717, 1.165) is 156 Å². The van der Waals surface area contributed by atoms with E-state index in [2.05, 4.69) is 130 Å². The van der Waals surface area contributed by atoms with Crippen molar-refractivity contribution in [2.75, 3.05) is 54.7 Å². The van der Waals surface area contributed by atoms with Gasteiger partial charge < -0.3 is 52.4 Å². The number of hydrogen-bond acceptors (Lipinski definition) is 31. The van der Waals surface area contributed by atoms with Crippen molar-refractivity contribution >= 4 is 106 Å². The summed E-state index contributed by atoms with van der Waals surface area (Å²) in [6.07, 6.45) is 10.4. The Morgan fingerprint density at radius 1 is 0.297 bits per heavy atom. The van der Waals surface area contributed by atoms with Crippen LogP contribution in [0.1, 0.15) is 34.7 Å². The molecule has 0 spiro atoms. The number of benzene rings is 8. The molecule has 39 heteroatoms. The zero-order valence-electron chi connectivity index (χ0n) is 78.1. The Morgan fingerprint density at radius 2 is 0.614 bits per heavy atom. The first-order chi connectivity index (χ1) is 71.4. The van der Waals surface area contributed by atoms with E-state index in [1.165, 1.54) is 5.56 Å². The first-order valence-electron chi connectivity index (χ1n) is 45.7. The average Bonchev–Trinajstić information content (AvgIpc) is 1.52. The number of fused-ring (bicyclic) bond motifs is 10. The molecule has 8 aromatic carbocycles. The minimum atomic E-state index is 0.208. The van der Waals surface area contributed by atoms with Crippen LogP contribution in [0.25, 0.3) is 128 Å². The number of methoxy groups -OCH3 is 4. The summed E-state index contributed by atoms with van der Waals surface area (Å²) in [5.74, 6) is 9.58. The van der Waals surface area contributed by atoms with Crippen LogP contribution in [-0.2, 0) is 44.3 Å². The van der Waals surface area contributed by atoms with E-state index in [-0.39, 0.29) is 33.0 Å². The molecule has 1 aliphatic heterocycles. The van der Waals surface area contributed by atoms with E-state index < -0.39 is 0 Å². The van der Waals surface area contributed by atoms with Gasteiger partial charge in [-0.25, -0.2) is 0 Å². The maximum absolute atomic E-state index is 6.12. The fraction of sp³-hybridized carbons (Fsp3) is 0.132. The summed E-state index contributed by atoms with van der Waals surface area (Å²) in [4.78, 5) is 27.4. The highest BCUT2D eigenvalue weighted by Gasteiger charge is 2.21. The van der Waals surface area contributed by atoms with E-state index in [1.54, 1.807) is 100 Å². The molecule has 37 nitrogen and oxygen atoms in total. The third-order valence-electron chi connectivity index (χ3n) is 23.5. The molecular formula is C106H85Cl2N27O10. The summed E-state index contributed by atoms with van der Waals surface area (Å²) in [5.41, 5.74) is 15.9. The summed E-state index contributed by atoms with van der Waals surface area (Å²) >= 11 is 12.0. The summed E-state index contributed by atoms with van der Waals surface area (Å²) in [5, 5.41) is 70.4. The molecule has 1 fully saturated rings. The van der Waals surface area contributed by atoms with Gasteiger partial charge in [0.15, 0.2) is 57.4 Å². The number of nitrogens with zero attached hydrogens (tertiary/aromatic N) is 26. The van der Waals surface area contributed by atoms with Crippen LogP contribution in [0.2, 0.25) is 10.2 Å². The number of morpholine rings is 1. The van der Waals surface area contributed by atoms with Crippen molar-refractivity contribution in [3.63, 3.8) is 0 Å². The lowest BCUT2D eigenvalue weighted by Gasteiger charge is -2.26. The molecule has 1 aliphatic rings. The monoisotopic (exact) mass is 1970 g/mol. The van der Waals surface area contributed by atoms with Crippen LogP contribution in [-0.4, -0.2) is 189 Å². The van der Waals surface area contributed by atoms with Gasteiger partial charge in [0.05, 0.1) is 92.0 Å². The number of H-pyrrole nitrogens is 1. The van der Waals surface area contributed by atoms with Crippen molar-refractivity contribution in [2.45, 2.75) is 39.6 Å². The molecule has 24 aromatic rings. The van der Waals surface area contributed by atoms with E-state index in [9.17, 15) is 0 Å². The average molecular weight is 1970 g/mol. The maximum Gasteiger partial charge on any atom is 0.192 e. The van der Waals surface area contributed by atoms with Gasteiger partial charge in [0.1, 0.15) is 95.6 Å². The summed E-state index contributed by atoms with van der Waals surface area (Å²) in [7, 11) is 6.52. The van der Waals surface area contributed by atoms with Gasteiger partial charge >= 0.3 is 0 Å². The molecule has 25 rings (SSSR count). The predicted octanol–water partition coefficient (Wildman–Crippen LogP) is 18.4. The quantitative estimate of drug-likeness (QED) is 0.0555. The van der Waals surface area contributed by atoms with Crippen molar-refractivity contribution in [3.8, 4) is 96.9 Å². The van der Waals surface area contributed by atoms with Crippen molar-refractivity contribution in [3.05, 3.63) is 361 Å². The molecule has 0 amide bonds. The maximum atomic E-state index is 6.12. The SMILES string of the molecule is COc1ccc2c(OCc3nnc4ccc(-c5ccc(CN6CCOCC6)cc5)nn34)ccnc2c1.COc1ccc2c(OCc3nnc4ccc(-c5ccc[nH]5)nn34)ccnc2c1.COc1ccc2c(OCc3nnc4ccc(-c5ccccc5)nn34)ccnc2c1.COc1ccc2c(OCc3nnc4ccc(Cl)nn34)ccnc2c1.Clc1ccc2c(OCc3nnc4ccc(-c5ccccc5)nn34)ccnc2c1. The van der Waals surface area contributed by atoms with Crippen LogP contribution >= 0.6 is 23.2 Å². The molecule has 16 aromatic heterocycles. The molecule has 0 unspecified atom stereocenters. The molecule has 0 radical (unpaired) electrons. The van der Waals surface area contributed by atoms with E-state index in [4.69, 9.17) is 75.7 Å². The van der Waals surface area contributed by atoms with Crippen molar-refractivity contribution in [1.82, 2.24) is 134 Å². The number of aromatic amines is 1. The largest absolute Gasteiger partial charge is 0.497 e. The zero-order chi connectivity index (χ0) is 98.3. The minimum absolute atomic E-state index is 0.208. The molecular weight excluding hydrogens is 1880 g/mol. The first-order valence-corrected chi connectivity index (χ1v) is 46.4. The van der Waals surface area contributed by atoms with Crippen molar-refractivity contribution in [1.29, 1.82) is 0 Å². The van der Waals surface area contributed by atoms with E-state index >= 15 is 0 Å². The highest BCUT2D eigenvalue weighted by molar-refractivity contribution is 6.31. The smallest absolute Gasteiger partial charge is 0.192 e. The third kappa shape index (κ3) is 21.2.